The standard InChI is InChI=1S/C14H13NO/c1-11-3-2-4-12(7-11)8-14-6-5-13(10-16)9-15-14/h2-7,9-10H,8H2,1H3. The first-order valence-corrected chi connectivity index (χ1v) is 5.23. The minimum absolute atomic E-state index is 0.619. The maximum absolute atomic E-state index is 10.5. The molecule has 2 rings (SSSR count). The molecular weight excluding hydrogens is 198 g/mol. The summed E-state index contributed by atoms with van der Waals surface area (Å²) in [7, 11) is 0. The number of rotatable bonds is 3. The summed E-state index contributed by atoms with van der Waals surface area (Å²) in [5, 5.41) is 0. The second-order valence-corrected chi connectivity index (χ2v) is 3.87. The summed E-state index contributed by atoms with van der Waals surface area (Å²) >= 11 is 0. The Labute approximate surface area is 95.0 Å². The van der Waals surface area contributed by atoms with Gasteiger partial charge in [-0.3, -0.25) is 9.78 Å². The van der Waals surface area contributed by atoms with Gasteiger partial charge in [-0.25, -0.2) is 0 Å². The third-order valence-corrected chi connectivity index (χ3v) is 2.45. The van der Waals surface area contributed by atoms with Gasteiger partial charge in [0.15, 0.2) is 6.29 Å². The Balaban J connectivity index is 2.17. The summed E-state index contributed by atoms with van der Waals surface area (Å²) in [6, 6.07) is 12.0. The number of carbonyl (C=O) groups excluding carboxylic acids is 1. The van der Waals surface area contributed by atoms with Crippen LogP contribution in [0.4, 0.5) is 0 Å². The molecule has 16 heavy (non-hydrogen) atoms. The van der Waals surface area contributed by atoms with Crippen LogP contribution in [0.1, 0.15) is 27.2 Å². The lowest BCUT2D eigenvalue weighted by Gasteiger charge is -2.02. The van der Waals surface area contributed by atoms with E-state index in [0.717, 1.165) is 18.4 Å². The molecule has 0 N–H and O–H groups in total. The molecule has 80 valence electrons. The number of carbonyl (C=O) groups is 1. The minimum Gasteiger partial charge on any atom is -0.298 e. The van der Waals surface area contributed by atoms with E-state index in [-0.39, 0.29) is 0 Å². The molecule has 1 aromatic carbocycles. The molecule has 0 radical (unpaired) electrons. The molecule has 0 aliphatic carbocycles. The van der Waals surface area contributed by atoms with Crippen molar-refractivity contribution in [3.63, 3.8) is 0 Å². The highest BCUT2D eigenvalue weighted by Crippen LogP contribution is 2.09. The van der Waals surface area contributed by atoms with Crippen molar-refractivity contribution in [2.45, 2.75) is 13.3 Å². The molecule has 0 aliphatic rings. The third-order valence-electron chi connectivity index (χ3n) is 2.45. The Hall–Kier alpha value is -1.96. The minimum atomic E-state index is 0.619. The smallest absolute Gasteiger partial charge is 0.151 e. The van der Waals surface area contributed by atoms with Crippen LogP contribution in [0.15, 0.2) is 42.6 Å². The maximum atomic E-state index is 10.5. The fourth-order valence-corrected chi connectivity index (χ4v) is 1.64. The van der Waals surface area contributed by atoms with Crippen LogP contribution in [-0.4, -0.2) is 11.3 Å². The fraction of sp³-hybridized carbons (Fsp3) is 0.143. The number of benzene rings is 1. The average Bonchev–Trinajstić information content (AvgIpc) is 2.30. The lowest BCUT2D eigenvalue weighted by atomic mass is 10.1. The van der Waals surface area contributed by atoms with Gasteiger partial charge in [0, 0.05) is 23.9 Å². The molecule has 1 heterocycles. The summed E-state index contributed by atoms with van der Waals surface area (Å²) in [6.07, 6.45) is 3.22. The van der Waals surface area contributed by atoms with Crippen molar-refractivity contribution in [3.8, 4) is 0 Å². The zero-order valence-corrected chi connectivity index (χ0v) is 9.18. The van der Waals surface area contributed by atoms with Crippen molar-refractivity contribution in [2.75, 3.05) is 0 Å². The number of hydrogen-bond acceptors (Lipinski definition) is 2. The van der Waals surface area contributed by atoms with Gasteiger partial charge in [0.2, 0.25) is 0 Å². The Bertz CT molecular complexity index is 488. The largest absolute Gasteiger partial charge is 0.298 e. The number of pyridine rings is 1. The molecule has 0 saturated carbocycles. The fourth-order valence-electron chi connectivity index (χ4n) is 1.64. The number of aryl methyl sites for hydroxylation is 1. The Morgan fingerprint density at radius 3 is 2.75 bits per heavy atom. The molecule has 2 heteroatoms. The van der Waals surface area contributed by atoms with Gasteiger partial charge in [-0.2, -0.15) is 0 Å². The van der Waals surface area contributed by atoms with E-state index in [1.807, 2.05) is 12.1 Å². The molecule has 2 nitrogen and oxygen atoms in total. The maximum Gasteiger partial charge on any atom is 0.151 e. The molecular formula is C14H13NO. The molecule has 0 fully saturated rings. The van der Waals surface area contributed by atoms with Gasteiger partial charge in [0.25, 0.3) is 0 Å². The lowest BCUT2D eigenvalue weighted by Crippen LogP contribution is -1.93. The molecule has 0 bridgehead atoms. The van der Waals surface area contributed by atoms with Crippen molar-refractivity contribution < 1.29 is 4.79 Å². The van der Waals surface area contributed by atoms with Gasteiger partial charge < -0.3 is 0 Å². The van der Waals surface area contributed by atoms with E-state index in [2.05, 4.69) is 30.1 Å². The van der Waals surface area contributed by atoms with Crippen LogP contribution in [0.5, 0.6) is 0 Å². The number of aldehydes is 1. The second-order valence-electron chi connectivity index (χ2n) is 3.87. The van der Waals surface area contributed by atoms with E-state index < -0.39 is 0 Å². The second kappa shape index (κ2) is 4.71. The van der Waals surface area contributed by atoms with Crippen LogP contribution < -0.4 is 0 Å². The van der Waals surface area contributed by atoms with Crippen LogP contribution in [0.2, 0.25) is 0 Å². The van der Waals surface area contributed by atoms with Crippen LogP contribution in [0, 0.1) is 6.92 Å². The van der Waals surface area contributed by atoms with Gasteiger partial charge in [0.1, 0.15) is 0 Å². The molecule has 0 spiro atoms. The molecule has 2 aromatic rings. The van der Waals surface area contributed by atoms with Crippen molar-refractivity contribution >= 4 is 6.29 Å². The van der Waals surface area contributed by atoms with Gasteiger partial charge in [-0.05, 0) is 24.6 Å². The van der Waals surface area contributed by atoms with Gasteiger partial charge in [-0.1, -0.05) is 29.8 Å². The highest BCUT2D eigenvalue weighted by molar-refractivity contribution is 5.73. The van der Waals surface area contributed by atoms with Crippen LogP contribution >= 0.6 is 0 Å². The van der Waals surface area contributed by atoms with Crippen LogP contribution in [0.3, 0.4) is 0 Å². The van der Waals surface area contributed by atoms with Crippen LogP contribution in [-0.2, 0) is 6.42 Å². The zero-order valence-electron chi connectivity index (χ0n) is 9.18. The monoisotopic (exact) mass is 211 g/mol. The quantitative estimate of drug-likeness (QED) is 0.731. The summed E-state index contributed by atoms with van der Waals surface area (Å²) in [5.41, 5.74) is 4.09. The molecule has 0 atom stereocenters. The van der Waals surface area contributed by atoms with E-state index >= 15 is 0 Å². The highest BCUT2D eigenvalue weighted by atomic mass is 16.1. The Morgan fingerprint density at radius 1 is 1.25 bits per heavy atom. The highest BCUT2D eigenvalue weighted by Gasteiger charge is 1.98. The van der Waals surface area contributed by atoms with Crippen molar-refractivity contribution in [2.24, 2.45) is 0 Å². The summed E-state index contributed by atoms with van der Waals surface area (Å²) in [5.74, 6) is 0. The van der Waals surface area contributed by atoms with E-state index in [1.165, 1.54) is 11.1 Å². The van der Waals surface area contributed by atoms with E-state index in [9.17, 15) is 4.79 Å². The lowest BCUT2D eigenvalue weighted by molar-refractivity contribution is 0.112. The SMILES string of the molecule is Cc1cccc(Cc2ccc(C=O)cn2)c1. The predicted molar refractivity (Wildman–Crippen MR) is 63.6 cm³/mol. The number of hydrogen-bond donors (Lipinski definition) is 0. The van der Waals surface area contributed by atoms with E-state index in [0.29, 0.717) is 5.56 Å². The van der Waals surface area contributed by atoms with Crippen molar-refractivity contribution in [1.82, 2.24) is 4.98 Å². The van der Waals surface area contributed by atoms with Crippen molar-refractivity contribution in [1.29, 1.82) is 0 Å². The number of aromatic nitrogens is 1. The summed E-state index contributed by atoms with van der Waals surface area (Å²) < 4.78 is 0. The summed E-state index contributed by atoms with van der Waals surface area (Å²) in [6.45, 7) is 2.08. The first kappa shape index (κ1) is 10.6. The predicted octanol–water partition coefficient (Wildman–Crippen LogP) is 2.79. The Morgan fingerprint density at radius 2 is 2.12 bits per heavy atom. The van der Waals surface area contributed by atoms with E-state index in [4.69, 9.17) is 0 Å². The third kappa shape index (κ3) is 2.54. The molecule has 0 unspecified atom stereocenters. The molecule has 1 aromatic heterocycles. The normalized spacial score (nSPS) is 10.1. The first-order valence-electron chi connectivity index (χ1n) is 5.23. The average molecular weight is 211 g/mol. The zero-order chi connectivity index (χ0) is 11.4. The molecule has 0 aliphatic heterocycles. The van der Waals surface area contributed by atoms with E-state index in [1.54, 1.807) is 12.3 Å². The van der Waals surface area contributed by atoms with Gasteiger partial charge in [0.05, 0.1) is 0 Å². The van der Waals surface area contributed by atoms with Gasteiger partial charge in [-0.15, -0.1) is 0 Å². The van der Waals surface area contributed by atoms with Crippen LogP contribution in [0.25, 0.3) is 0 Å². The summed E-state index contributed by atoms with van der Waals surface area (Å²) in [4.78, 5) is 14.7. The Kier molecular flexibility index (Phi) is 3.10. The van der Waals surface area contributed by atoms with Crippen molar-refractivity contribution in [3.05, 3.63) is 65.0 Å². The van der Waals surface area contributed by atoms with Gasteiger partial charge >= 0.3 is 0 Å². The molecule has 0 saturated heterocycles. The topological polar surface area (TPSA) is 30.0 Å². The number of nitrogens with zero attached hydrogens (tertiary/aromatic N) is 1. The first-order chi connectivity index (χ1) is 7.78. The molecule has 0 amide bonds.